The van der Waals surface area contributed by atoms with E-state index in [1.54, 1.807) is 6.08 Å². The van der Waals surface area contributed by atoms with E-state index in [1.165, 1.54) is 51.4 Å². The molecule has 2 saturated heterocycles. The minimum Gasteiger partial charge on any atom is -0.504 e. The van der Waals surface area contributed by atoms with Crippen molar-refractivity contribution in [1.29, 1.82) is 0 Å². The number of rotatable bonds is 6. The third kappa shape index (κ3) is 4.18. The maximum atomic E-state index is 14.3. The number of aromatic hydroxyl groups is 1. The fourth-order valence-corrected chi connectivity index (χ4v) is 8.72. The SMILES string of the molecule is COc1cc([C@H]2C3=CC[C@@H]4C(=O)N(c5cc([N+](=O)[O-])c(N(C)C)c([N+](=O)[O-])c5)C(=O)[C@@H]4[C@@H]3C[C@@]3(Cl)C(=O)N(C)C(=O)[C@@]23Cl)ccc1O. The van der Waals surface area contributed by atoms with Crippen molar-refractivity contribution in [1.82, 2.24) is 4.90 Å². The lowest BCUT2D eigenvalue weighted by atomic mass is 9.56. The summed E-state index contributed by atoms with van der Waals surface area (Å²) in [5.41, 5.74) is -1.22. The number of phenolic OH excluding ortho intramolecular Hbond substituents is 1. The topological polar surface area (TPSA) is 194 Å². The van der Waals surface area contributed by atoms with Gasteiger partial charge >= 0.3 is 11.4 Å². The van der Waals surface area contributed by atoms with Gasteiger partial charge in [-0.05, 0) is 36.5 Å². The van der Waals surface area contributed by atoms with Crippen molar-refractivity contribution in [2.45, 2.75) is 28.5 Å². The summed E-state index contributed by atoms with van der Waals surface area (Å²) in [7, 11) is 5.34. The average molecular weight is 688 g/mol. The van der Waals surface area contributed by atoms with Gasteiger partial charge in [0, 0.05) is 39.2 Å². The minimum absolute atomic E-state index is 0.0104. The normalized spacial score (nSPS) is 29.7. The smallest absolute Gasteiger partial charge is 0.301 e. The summed E-state index contributed by atoms with van der Waals surface area (Å²) in [4.78, 5) is 76.5. The van der Waals surface area contributed by atoms with Crippen LogP contribution in [0.1, 0.15) is 24.3 Å². The van der Waals surface area contributed by atoms with E-state index in [1.807, 2.05) is 0 Å². The number of nitro benzene ring substituents is 2. The molecule has 4 aliphatic rings. The predicted octanol–water partition coefficient (Wildman–Crippen LogP) is 3.48. The summed E-state index contributed by atoms with van der Waals surface area (Å²) in [6, 6.07) is 6.15. The highest BCUT2D eigenvalue weighted by molar-refractivity contribution is 6.53. The summed E-state index contributed by atoms with van der Waals surface area (Å²) in [5.74, 6) is -7.45. The number of amides is 4. The molecule has 0 spiro atoms. The van der Waals surface area contributed by atoms with Gasteiger partial charge in [-0.25, -0.2) is 4.90 Å². The number of phenols is 1. The molecule has 6 atom stereocenters. The number of benzene rings is 2. The van der Waals surface area contributed by atoms with E-state index in [4.69, 9.17) is 27.9 Å². The van der Waals surface area contributed by atoms with Gasteiger partial charge in [0.05, 0.1) is 34.5 Å². The molecule has 0 aromatic heterocycles. The van der Waals surface area contributed by atoms with Crippen LogP contribution >= 0.6 is 23.2 Å². The first-order valence-corrected chi connectivity index (χ1v) is 15.1. The molecule has 0 radical (unpaired) electrons. The Labute approximate surface area is 276 Å². The van der Waals surface area contributed by atoms with Crippen LogP contribution < -0.4 is 14.5 Å². The van der Waals surface area contributed by atoms with Crippen LogP contribution in [0.4, 0.5) is 22.7 Å². The van der Waals surface area contributed by atoms with Crippen LogP contribution in [0.3, 0.4) is 0 Å². The molecule has 2 heterocycles. The molecule has 6 rings (SSSR count). The molecule has 0 bridgehead atoms. The Balaban J connectivity index is 1.51. The van der Waals surface area contributed by atoms with Crippen LogP contribution in [0.15, 0.2) is 42.0 Å². The number of likely N-dealkylation sites (tertiary alicyclic amines) is 1. The summed E-state index contributed by atoms with van der Waals surface area (Å²) >= 11 is 14.3. The Bertz CT molecular complexity index is 1830. The van der Waals surface area contributed by atoms with E-state index in [2.05, 4.69) is 0 Å². The van der Waals surface area contributed by atoms with E-state index >= 15 is 0 Å². The number of hydrogen-bond acceptors (Lipinski definition) is 11. The molecule has 17 heteroatoms. The summed E-state index contributed by atoms with van der Waals surface area (Å²) < 4.78 is 5.28. The first kappa shape index (κ1) is 32.2. The van der Waals surface area contributed by atoms with Crippen molar-refractivity contribution < 1.29 is 38.9 Å². The molecule has 2 aromatic rings. The third-order valence-electron chi connectivity index (χ3n) is 9.70. The molecule has 15 nitrogen and oxygen atoms in total. The van der Waals surface area contributed by atoms with Gasteiger partial charge in [0.1, 0.15) is 0 Å². The van der Waals surface area contributed by atoms with E-state index in [-0.39, 0.29) is 35.7 Å². The molecule has 2 aliphatic carbocycles. The predicted molar refractivity (Wildman–Crippen MR) is 167 cm³/mol. The van der Waals surface area contributed by atoms with Gasteiger partial charge in [0.15, 0.2) is 26.9 Å². The minimum atomic E-state index is -2.07. The van der Waals surface area contributed by atoms with Crippen LogP contribution in [0.25, 0.3) is 0 Å². The van der Waals surface area contributed by atoms with E-state index < -0.39 is 78.3 Å². The maximum absolute atomic E-state index is 14.3. The number of methoxy groups -OCH3 is 1. The standard InChI is InChI=1S/C30H27Cl2N5O10/c1-33(2)24-18(36(43)44)10-14(11-19(24)37(45)46)35-25(39)16-7-6-15-17(22(16)26(35)40)12-29(31)27(41)34(3)28(42)30(29,32)23(15)13-5-8-20(38)21(9-13)47-4/h5-6,8-11,16-17,22-23,38H,7,12H2,1-4H3/t16-,17+,22-,23-,29+,30-/m0/s1. The Morgan fingerprint density at radius 3 is 2.15 bits per heavy atom. The Morgan fingerprint density at radius 1 is 0.979 bits per heavy atom. The van der Waals surface area contributed by atoms with Crippen LogP contribution in [0.2, 0.25) is 0 Å². The second-order valence-electron chi connectivity index (χ2n) is 12.2. The molecular weight excluding hydrogens is 661 g/mol. The second kappa shape index (κ2) is 10.6. The fourth-order valence-electron chi connectivity index (χ4n) is 7.70. The van der Waals surface area contributed by atoms with Crippen LogP contribution in [0, 0.1) is 38.0 Å². The number of carbonyl (C=O) groups excluding carboxylic acids is 4. The Hall–Kier alpha value is -4.76. The highest BCUT2D eigenvalue weighted by atomic mass is 35.5. The van der Waals surface area contributed by atoms with Gasteiger partial charge in [0.2, 0.25) is 11.8 Å². The second-order valence-corrected chi connectivity index (χ2v) is 13.4. The van der Waals surface area contributed by atoms with Crippen LogP contribution in [-0.4, -0.2) is 81.5 Å². The Kier molecular flexibility index (Phi) is 7.28. The van der Waals surface area contributed by atoms with Gasteiger partial charge in [-0.1, -0.05) is 17.7 Å². The number of anilines is 2. The zero-order valence-electron chi connectivity index (χ0n) is 25.3. The van der Waals surface area contributed by atoms with E-state index in [0.29, 0.717) is 16.0 Å². The van der Waals surface area contributed by atoms with E-state index in [0.717, 1.165) is 17.0 Å². The zero-order valence-corrected chi connectivity index (χ0v) is 26.8. The number of allylic oxidation sites excluding steroid dienone is 2. The average Bonchev–Trinajstić information content (AvgIpc) is 3.35. The number of ether oxygens (including phenoxy) is 1. The highest BCUT2D eigenvalue weighted by Crippen LogP contribution is 2.65. The van der Waals surface area contributed by atoms with Crippen molar-refractivity contribution in [2.75, 3.05) is 38.1 Å². The summed E-state index contributed by atoms with van der Waals surface area (Å²) in [6.07, 6.45) is 1.36. The number of halogens is 2. The van der Waals surface area contributed by atoms with Gasteiger partial charge in [-0.15, -0.1) is 23.2 Å². The third-order valence-corrected chi connectivity index (χ3v) is 11.1. The first-order chi connectivity index (χ1) is 22.0. The van der Waals surface area contributed by atoms with Gasteiger partial charge in [0.25, 0.3) is 11.8 Å². The molecule has 47 heavy (non-hydrogen) atoms. The quantitative estimate of drug-likeness (QED) is 0.154. The highest BCUT2D eigenvalue weighted by Gasteiger charge is 2.76. The van der Waals surface area contributed by atoms with Crippen molar-refractivity contribution in [2.24, 2.45) is 17.8 Å². The largest absolute Gasteiger partial charge is 0.504 e. The molecule has 3 fully saturated rings. The number of imide groups is 2. The molecular formula is C30H27Cl2N5O10. The lowest BCUT2D eigenvalue weighted by Crippen LogP contribution is -2.60. The van der Waals surface area contributed by atoms with Crippen molar-refractivity contribution in [3.05, 3.63) is 67.8 Å². The number of hydrogen-bond donors (Lipinski definition) is 1. The molecule has 246 valence electrons. The van der Waals surface area contributed by atoms with Crippen LogP contribution in [-0.2, 0) is 19.2 Å². The fraction of sp³-hybridized carbons (Fsp3) is 0.400. The molecule has 4 amide bonds. The number of nitrogens with zero attached hydrogens (tertiary/aromatic N) is 5. The van der Waals surface area contributed by atoms with Gasteiger partial charge < -0.3 is 14.7 Å². The number of carbonyl (C=O) groups is 4. The van der Waals surface area contributed by atoms with Crippen molar-refractivity contribution in [3.8, 4) is 11.5 Å². The first-order valence-electron chi connectivity index (χ1n) is 14.3. The number of fused-ring (bicyclic) bond motifs is 4. The summed E-state index contributed by atoms with van der Waals surface area (Å²) in [5, 5.41) is 34.3. The maximum Gasteiger partial charge on any atom is 0.301 e. The molecule has 1 saturated carbocycles. The van der Waals surface area contributed by atoms with Gasteiger partial charge in [-0.2, -0.15) is 0 Å². The molecule has 0 unspecified atom stereocenters. The summed E-state index contributed by atoms with van der Waals surface area (Å²) in [6.45, 7) is 0. The lowest BCUT2D eigenvalue weighted by molar-refractivity contribution is -0.392. The van der Waals surface area contributed by atoms with E-state index in [9.17, 15) is 44.5 Å². The van der Waals surface area contributed by atoms with Crippen LogP contribution in [0.5, 0.6) is 11.5 Å². The molecule has 2 aliphatic heterocycles. The monoisotopic (exact) mass is 687 g/mol. The molecule has 2 aromatic carbocycles. The lowest BCUT2D eigenvalue weighted by Gasteiger charge is -2.50. The zero-order chi connectivity index (χ0) is 34.5. The van der Waals surface area contributed by atoms with Crippen molar-refractivity contribution in [3.63, 3.8) is 0 Å². The number of alkyl halides is 2. The molecule has 1 N–H and O–H groups in total. The Morgan fingerprint density at radius 2 is 1.60 bits per heavy atom. The number of nitro groups is 2. The van der Waals surface area contributed by atoms with Crippen molar-refractivity contribution >= 4 is 69.6 Å². The van der Waals surface area contributed by atoms with Gasteiger partial charge in [-0.3, -0.25) is 44.3 Å².